The van der Waals surface area contributed by atoms with Crippen LogP contribution in [0.5, 0.6) is 0 Å². The number of para-hydroxylation sites is 1. The lowest BCUT2D eigenvalue weighted by Gasteiger charge is -2.43. The molecular formula is C36H41F3N4O3. The Hall–Kier alpha value is -4.34. The number of hydrogen-bond acceptors (Lipinski definition) is 4. The molecule has 0 aromatic heterocycles. The Balaban J connectivity index is 1.23. The topological polar surface area (TPSA) is 73.0 Å². The van der Waals surface area contributed by atoms with E-state index in [4.69, 9.17) is 0 Å². The molecule has 0 radical (unpaired) electrons. The number of benzene rings is 3. The SMILES string of the molecule is CCCCCCc1ccc(C(=O)N2CCC3(CC2)C(=O)N(CC(=O)NCc2cccc(C(F)(F)F)c2)CN3c2ccccc2)cc1. The molecule has 3 amide bonds. The molecule has 5 rings (SSSR count). The van der Waals surface area contributed by atoms with E-state index in [2.05, 4.69) is 12.2 Å². The van der Waals surface area contributed by atoms with Crippen LogP contribution in [-0.4, -0.2) is 59.4 Å². The molecule has 0 atom stereocenters. The van der Waals surface area contributed by atoms with E-state index < -0.39 is 23.2 Å². The second-order valence-electron chi connectivity index (χ2n) is 12.2. The maximum atomic E-state index is 14.0. The molecule has 0 aliphatic carbocycles. The monoisotopic (exact) mass is 634 g/mol. The van der Waals surface area contributed by atoms with Gasteiger partial charge in [0, 0.05) is 30.9 Å². The van der Waals surface area contributed by atoms with Crippen LogP contribution in [0.15, 0.2) is 78.9 Å². The van der Waals surface area contributed by atoms with Gasteiger partial charge in [0.1, 0.15) is 12.1 Å². The summed E-state index contributed by atoms with van der Waals surface area (Å²) in [6.45, 7) is 2.85. The number of alkyl halides is 3. The third-order valence-electron chi connectivity index (χ3n) is 9.06. The highest BCUT2D eigenvalue weighted by atomic mass is 19.4. The van der Waals surface area contributed by atoms with Crippen LogP contribution in [0.3, 0.4) is 0 Å². The zero-order chi connectivity index (χ0) is 32.7. The molecule has 0 unspecified atom stereocenters. The lowest BCUT2D eigenvalue weighted by atomic mass is 9.85. The summed E-state index contributed by atoms with van der Waals surface area (Å²) in [5, 5.41) is 2.66. The van der Waals surface area contributed by atoms with Crippen molar-refractivity contribution in [1.82, 2.24) is 15.1 Å². The van der Waals surface area contributed by atoms with Crippen molar-refractivity contribution >= 4 is 23.4 Å². The molecule has 2 aliphatic heterocycles. The van der Waals surface area contributed by atoms with Crippen molar-refractivity contribution in [3.05, 3.63) is 101 Å². The molecule has 2 saturated heterocycles. The number of hydrogen-bond donors (Lipinski definition) is 1. The maximum absolute atomic E-state index is 14.0. The normalized spacial score (nSPS) is 16.3. The zero-order valence-electron chi connectivity index (χ0n) is 26.2. The van der Waals surface area contributed by atoms with Crippen molar-refractivity contribution in [2.75, 3.05) is 31.2 Å². The highest BCUT2D eigenvalue weighted by Gasteiger charge is 2.54. The average Bonchev–Trinajstić information content (AvgIpc) is 3.32. The quantitative estimate of drug-likeness (QED) is 0.247. The van der Waals surface area contributed by atoms with Crippen molar-refractivity contribution in [2.24, 2.45) is 0 Å². The lowest BCUT2D eigenvalue weighted by molar-refractivity contribution is -0.138. The number of anilines is 1. The Morgan fingerprint density at radius 2 is 1.59 bits per heavy atom. The van der Waals surface area contributed by atoms with Gasteiger partial charge in [-0.05, 0) is 73.2 Å². The molecule has 10 heteroatoms. The van der Waals surface area contributed by atoms with Crippen LogP contribution in [0.25, 0.3) is 0 Å². The van der Waals surface area contributed by atoms with Gasteiger partial charge in [0.2, 0.25) is 5.91 Å². The number of carbonyl (C=O) groups is 3. The Morgan fingerprint density at radius 3 is 2.26 bits per heavy atom. The summed E-state index contributed by atoms with van der Waals surface area (Å²) < 4.78 is 39.3. The van der Waals surface area contributed by atoms with E-state index in [0.29, 0.717) is 37.1 Å². The molecule has 244 valence electrons. The van der Waals surface area contributed by atoms with Gasteiger partial charge in [-0.15, -0.1) is 0 Å². The van der Waals surface area contributed by atoms with Crippen LogP contribution in [0.4, 0.5) is 18.9 Å². The third kappa shape index (κ3) is 7.54. The number of nitrogens with zero attached hydrogens (tertiary/aromatic N) is 3. The summed E-state index contributed by atoms with van der Waals surface area (Å²) in [6.07, 6.45) is 2.09. The number of carbonyl (C=O) groups excluding carboxylic acids is 3. The van der Waals surface area contributed by atoms with Gasteiger partial charge in [0.15, 0.2) is 0 Å². The van der Waals surface area contributed by atoms with Gasteiger partial charge in [-0.2, -0.15) is 13.2 Å². The van der Waals surface area contributed by atoms with Gasteiger partial charge in [0.25, 0.3) is 11.8 Å². The number of rotatable bonds is 11. The minimum Gasteiger partial charge on any atom is -0.350 e. The van der Waals surface area contributed by atoms with Crippen molar-refractivity contribution < 1.29 is 27.6 Å². The number of aryl methyl sites for hydroxylation is 1. The van der Waals surface area contributed by atoms with Gasteiger partial charge >= 0.3 is 6.18 Å². The summed E-state index contributed by atoms with van der Waals surface area (Å²) in [5.74, 6) is -0.711. The average molecular weight is 635 g/mol. The van der Waals surface area contributed by atoms with Gasteiger partial charge in [0.05, 0.1) is 12.2 Å². The molecule has 0 bridgehead atoms. The fraction of sp³-hybridized carbons (Fsp3) is 0.417. The third-order valence-corrected chi connectivity index (χ3v) is 9.06. The molecular weight excluding hydrogens is 593 g/mol. The van der Waals surface area contributed by atoms with E-state index in [-0.39, 0.29) is 31.6 Å². The Bertz CT molecular complexity index is 1500. The van der Waals surface area contributed by atoms with E-state index in [1.165, 1.54) is 41.9 Å². The molecule has 1 spiro atoms. The van der Waals surface area contributed by atoms with E-state index >= 15 is 0 Å². The number of unbranched alkanes of at least 4 members (excludes halogenated alkanes) is 3. The minimum atomic E-state index is -4.48. The Kier molecular flexibility index (Phi) is 10.3. The van der Waals surface area contributed by atoms with E-state index in [9.17, 15) is 27.6 Å². The van der Waals surface area contributed by atoms with Crippen LogP contribution in [0, 0.1) is 0 Å². The number of halogens is 3. The van der Waals surface area contributed by atoms with Crippen molar-refractivity contribution in [3.63, 3.8) is 0 Å². The van der Waals surface area contributed by atoms with Crippen LogP contribution in [-0.2, 0) is 28.7 Å². The van der Waals surface area contributed by atoms with Crippen LogP contribution < -0.4 is 10.2 Å². The number of piperidine rings is 1. The van der Waals surface area contributed by atoms with E-state index in [1.54, 1.807) is 4.90 Å². The fourth-order valence-corrected chi connectivity index (χ4v) is 6.44. The molecule has 7 nitrogen and oxygen atoms in total. The summed E-state index contributed by atoms with van der Waals surface area (Å²) >= 11 is 0. The lowest BCUT2D eigenvalue weighted by Crippen LogP contribution is -2.57. The maximum Gasteiger partial charge on any atom is 0.416 e. The number of amides is 3. The van der Waals surface area contributed by atoms with E-state index in [1.807, 2.05) is 59.5 Å². The fourth-order valence-electron chi connectivity index (χ4n) is 6.44. The van der Waals surface area contributed by atoms with E-state index in [0.717, 1.165) is 30.7 Å². The molecule has 2 fully saturated rings. The van der Waals surface area contributed by atoms with Crippen molar-refractivity contribution in [1.29, 1.82) is 0 Å². The second-order valence-corrected chi connectivity index (χ2v) is 12.2. The zero-order valence-corrected chi connectivity index (χ0v) is 26.2. The van der Waals surface area contributed by atoms with Crippen LogP contribution in [0.1, 0.15) is 72.5 Å². The molecule has 2 aliphatic rings. The Labute approximate surface area is 268 Å². The molecule has 2 heterocycles. The molecule has 0 saturated carbocycles. The molecule has 3 aromatic carbocycles. The Morgan fingerprint density at radius 1 is 0.870 bits per heavy atom. The van der Waals surface area contributed by atoms with Crippen molar-refractivity contribution in [2.45, 2.75) is 70.1 Å². The smallest absolute Gasteiger partial charge is 0.350 e. The first-order chi connectivity index (χ1) is 22.1. The van der Waals surface area contributed by atoms with Gasteiger partial charge < -0.3 is 20.0 Å². The van der Waals surface area contributed by atoms with Crippen LogP contribution in [0.2, 0.25) is 0 Å². The first-order valence-electron chi connectivity index (χ1n) is 16.0. The predicted molar refractivity (Wildman–Crippen MR) is 171 cm³/mol. The van der Waals surface area contributed by atoms with Gasteiger partial charge in [-0.1, -0.05) is 68.7 Å². The summed E-state index contributed by atoms with van der Waals surface area (Å²) in [5.41, 5.74) is 1.31. The predicted octanol–water partition coefficient (Wildman–Crippen LogP) is 6.43. The van der Waals surface area contributed by atoms with Gasteiger partial charge in [-0.25, -0.2) is 0 Å². The highest BCUT2D eigenvalue weighted by molar-refractivity contribution is 5.97. The standard InChI is InChI=1S/C36H41F3N4O3/c1-2-3-4-6-10-27-15-17-29(18-16-27)33(45)41-21-19-35(20-22-41)34(46)42(26-43(35)31-13-7-5-8-14-31)25-32(44)40-24-28-11-9-12-30(23-28)36(37,38)39/h5,7-9,11-18,23H,2-4,6,10,19-22,24-26H2,1H3,(H,40,44). The first kappa shape index (κ1) is 33.0. The molecule has 46 heavy (non-hydrogen) atoms. The molecule has 3 aromatic rings. The summed E-state index contributed by atoms with van der Waals surface area (Å²) in [7, 11) is 0. The van der Waals surface area contributed by atoms with Crippen molar-refractivity contribution in [3.8, 4) is 0 Å². The summed E-state index contributed by atoms with van der Waals surface area (Å²) in [6, 6.07) is 22.2. The molecule has 1 N–H and O–H groups in total. The highest BCUT2D eigenvalue weighted by Crippen LogP contribution is 2.39. The minimum absolute atomic E-state index is 0.0603. The summed E-state index contributed by atoms with van der Waals surface area (Å²) in [4.78, 5) is 45.7. The largest absolute Gasteiger partial charge is 0.416 e. The first-order valence-corrected chi connectivity index (χ1v) is 16.0. The number of likely N-dealkylation sites (tertiary alicyclic amines) is 1. The number of nitrogens with one attached hydrogen (secondary N) is 1. The second kappa shape index (κ2) is 14.4. The van der Waals surface area contributed by atoms with Crippen LogP contribution >= 0.6 is 0 Å². The van der Waals surface area contributed by atoms with Gasteiger partial charge in [-0.3, -0.25) is 14.4 Å².